The van der Waals surface area contributed by atoms with Gasteiger partial charge in [-0.1, -0.05) is 164 Å². The zero-order chi connectivity index (χ0) is 35.6. The highest BCUT2D eigenvalue weighted by Gasteiger charge is 2.23. The van der Waals surface area contributed by atoms with Crippen LogP contribution in [0.2, 0.25) is 0 Å². The van der Waals surface area contributed by atoms with Crippen molar-refractivity contribution in [2.24, 2.45) is 0 Å². The van der Waals surface area contributed by atoms with Crippen molar-refractivity contribution in [3.05, 3.63) is 176 Å². The molecular weight excluding hydrogens is 659 g/mol. The summed E-state index contributed by atoms with van der Waals surface area (Å²) in [7, 11) is 0. The number of nitrogens with zero attached hydrogens (tertiary/aromatic N) is 5. The van der Waals surface area contributed by atoms with Crippen molar-refractivity contribution in [1.29, 1.82) is 0 Å². The average molecular weight is 688 g/mol. The number of fused-ring (bicyclic) bond motifs is 6. The second-order valence-electron chi connectivity index (χ2n) is 13.7. The van der Waals surface area contributed by atoms with Gasteiger partial charge in [-0.25, -0.2) is 24.9 Å². The first kappa shape index (κ1) is 30.3. The molecule has 11 rings (SSSR count). The fourth-order valence-corrected chi connectivity index (χ4v) is 7.84. The molecule has 0 amide bonds. The third kappa shape index (κ3) is 4.90. The Bertz CT molecular complexity index is 3000. The second-order valence-corrected chi connectivity index (χ2v) is 13.7. The van der Waals surface area contributed by atoms with Gasteiger partial charge in [0.15, 0.2) is 17.5 Å². The first-order chi connectivity index (χ1) is 26.7. The lowest BCUT2D eigenvalue weighted by atomic mass is 9.96. The molecule has 54 heavy (non-hydrogen) atoms. The Hall–Kier alpha value is -7.37. The molecule has 3 heterocycles. The van der Waals surface area contributed by atoms with Gasteiger partial charge in [-0.15, -0.1) is 0 Å². The van der Waals surface area contributed by atoms with Gasteiger partial charge in [0, 0.05) is 38.6 Å². The molecule has 3 aromatic heterocycles. The van der Waals surface area contributed by atoms with Gasteiger partial charge in [-0.3, -0.25) is 0 Å². The topological polar surface area (TPSA) is 64.5 Å². The van der Waals surface area contributed by atoms with Crippen molar-refractivity contribution in [2.45, 2.75) is 0 Å². The molecule has 0 saturated carbocycles. The number of hydrogen-bond acceptors (Lipinski definition) is 5. The van der Waals surface area contributed by atoms with Crippen LogP contribution in [0.25, 0.3) is 112 Å². The molecule has 0 bridgehead atoms. The fraction of sp³-hybridized carbons (Fsp3) is 0. The van der Waals surface area contributed by atoms with Gasteiger partial charge >= 0.3 is 0 Å². The number of rotatable bonds is 5. The number of pyridine rings is 2. The van der Waals surface area contributed by atoms with Crippen LogP contribution in [0, 0.1) is 0 Å². The summed E-state index contributed by atoms with van der Waals surface area (Å²) < 4.78 is 0. The lowest BCUT2D eigenvalue weighted by Crippen LogP contribution is -2.00. The van der Waals surface area contributed by atoms with Crippen molar-refractivity contribution in [3.63, 3.8) is 0 Å². The van der Waals surface area contributed by atoms with Gasteiger partial charge in [-0.05, 0) is 45.2 Å². The van der Waals surface area contributed by atoms with Crippen molar-refractivity contribution in [2.75, 3.05) is 0 Å². The molecule has 0 unspecified atom stereocenters. The highest BCUT2D eigenvalue weighted by molar-refractivity contribution is 6.18. The van der Waals surface area contributed by atoms with Gasteiger partial charge in [0.25, 0.3) is 0 Å². The molecule has 0 spiro atoms. The van der Waals surface area contributed by atoms with Crippen LogP contribution in [0.1, 0.15) is 0 Å². The maximum absolute atomic E-state index is 5.32. The van der Waals surface area contributed by atoms with Crippen LogP contribution in [0.5, 0.6) is 0 Å². The van der Waals surface area contributed by atoms with Crippen LogP contribution in [0.3, 0.4) is 0 Å². The maximum atomic E-state index is 5.32. The van der Waals surface area contributed by atoms with Gasteiger partial charge in [0.05, 0.1) is 22.4 Å². The summed E-state index contributed by atoms with van der Waals surface area (Å²) in [5, 5.41) is 4.62. The lowest BCUT2D eigenvalue weighted by molar-refractivity contribution is 1.07. The molecular formula is C49H29N5. The Labute approximate surface area is 311 Å². The second kappa shape index (κ2) is 12.1. The maximum Gasteiger partial charge on any atom is 0.164 e. The van der Waals surface area contributed by atoms with E-state index in [4.69, 9.17) is 24.9 Å². The van der Waals surface area contributed by atoms with E-state index in [-0.39, 0.29) is 0 Å². The smallest absolute Gasteiger partial charge is 0.164 e. The molecule has 0 N–H and O–H groups in total. The third-order valence-electron chi connectivity index (χ3n) is 10.5. The van der Waals surface area contributed by atoms with E-state index in [9.17, 15) is 0 Å². The van der Waals surface area contributed by atoms with Gasteiger partial charge in [0.1, 0.15) is 0 Å². The molecule has 1 aliphatic rings. The molecule has 10 aromatic rings. The molecule has 7 aromatic carbocycles. The number of hydrogen-bond donors (Lipinski definition) is 0. The molecule has 0 atom stereocenters. The Morgan fingerprint density at radius 1 is 0.259 bits per heavy atom. The van der Waals surface area contributed by atoms with Crippen LogP contribution in [-0.4, -0.2) is 24.9 Å². The minimum atomic E-state index is 0.621. The molecule has 0 aliphatic heterocycles. The van der Waals surface area contributed by atoms with Crippen LogP contribution in [0.15, 0.2) is 176 Å². The summed E-state index contributed by atoms with van der Waals surface area (Å²) >= 11 is 0. The monoisotopic (exact) mass is 687 g/mol. The third-order valence-corrected chi connectivity index (χ3v) is 10.5. The minimum absolute atomic E-state index is 0.621. The van der Waals surface area contributed by atoms with Crippen molar-refractivity contribution >= 4 is 32.6 Å². The van der Waals surface area contributed by atoms with E-state index in [0.717, 1.165) is 61.0 Å². The Kier molecular flexibility index (Phi) is 6.79. The quantitative estimate of drug-likeness (QED) is 0.169. The summed E-state index contributed by atoms with van der Waals surface area (Å²) in [6.45, 7) is 0. The van der Waals surface area contributed by atoms with Crippen molar-refractivity contribution in [1.82, 2.24) is 24.9 Å². The number of aromatic nitrogens is 5. The Morgan fingerprint density at radius 2 is 0.704 bits per heavy atom. The molecule has 5 heteroatoms. The minimum Gasteiger partial charge on any atom is -0.245 e. The summed E-state index contributed by atoms with van der Waals surface area (Å²) in [5.74, 6) is 1.90. The molecule has 0 fully saturated rings. The van der Waals surface area contributed by atoms with E-state index in [1.807, 2.05) is 60.7 Å². The SMILES string of the molecule is c1ccc(-c2nc(-c3ccccc3)nc(-c3ccc(-c4ccc5ccc6ccc(-c7ccc8c9c(cccc79)-c7ccccc7-8)nc6c5n4)cc3)n2)cc1. The molecule has 250 valence electrons. The first-order valence-corrected chi connectivity index (χ1v) is 18.1. The van der Waals surface area contributed by atoms with Crippen molar-refractivity contribution < 1.29 is 0 Å². The van der Waals surface area contributed by atoms with E-state index in [1.54, 1.807) is 0 Å². The van der Waals surface area contributed by atoms with Gasteiger partial charge in [-0.2, -0.15) is 0 Å². The molecule has 1 aliphatic carbocycles. The van der Waals surface area contributed by atoms with E-state index in [0.29, 0.717) is 17.5 Å². The summed E-state index contributed by atoms with van der Waals surface area (Å²) in [5.41, 5.74) is 13.7. The highest BCUT2D eigenvalue weighted by Crippen LogP contribution is 2.49. The van der Waals surface area contributed by atoms with Crippen molar-refractivity contribution in [3.8, 4) is 78.9 Å². The fourth-order valence-electron chi connectivity index (χ4n) is 7.84. The van der Waals surface area contributed by atoms with Crippen LogP contribution >= 0.6 is 0 Å². The summed E-state index contributed by atoms with van der Waals surface area (Å²) in [4.78, 5) is 25.2. The molecule has 5 nitrogen and oxygen atoms in total. The Balaban J connectivity index is 0.989. The van der Waals surface area contributed by atoms with E-state index in [1.165, 1.54) is 33.0 Å². The lowest BCUT2D eigenvalue weighted by Gasteiger charge is -2.11. The van der Waals surface area contributed by atoms with Crippen LogP contribution in [0.4, 0.5) is 0 Å². The average Bonchev–Trinajstić information content (AvgIpc) is 3.58. The molecule has 0 radical (unpaired) electrons. The zero-order valence-corrected chi connectivity index (χ0v) is 29.0. The van der Waals surface area contributed by atoms with Crippen LogP contribution < -0.4 is 0 Å². The van der Waals surface area contributed by atoms with E-state index in [2.05, 4.69) is 115 Å². The normalized spacial score (nSPS) is 11.7. The van der Waals surface area contributed by atoms with Crippen LogP contribution in [-0.2, 0) is 0 Å². The number of benzene rings is 7. The van der Waals surface area contributed by atoms with Gasteiger partial charge < -0.3 is 0 Å². The highest BCUT2D eigenvalue weighted by atomic mass is 15.0. The standard InChI is InChI=1S/C49H29N5/c1-3-10-33(11-4-1)47-52-48(34-12-5-2-6-13-34)54-49(53-47)35-22-18-30(19-23-35)42-28-24-31-20-21-32-25-29-43(51-46(32)45(31)50-42)38-26-27-41-37-15-8-7-14-36(37)39-16-9-17-40(38)44(39)41/h1-29H. The predicted octanol–water partition coefficient (Wildman–Crippen LogP) is 12.1. The largest absolute Gasteiger partial charge is 0.245 e. The van der Waals surface area contributed by atoms with E-state index < -0.39 is 0 Å². The molecule has 0 saturated heterocycles. The zero-order valence-electron chi connectivity index (χ0n) is 29.0. The predicted molar refractivity (Wildman–Crippen MR) is 220 cm³/mol. The summed E-state index contributed by atoms with van der Waals surface area (Å²) in [6, 6.07) is 60.9. The van der Waals surface area contributed by atoms with E-state index >= 15 is 0 Å². The Morgan fingerprint density at radius 3 is 1.31 bits per heavy atom. The first-order valence-electron chi connectivity index (χ1n) is 18.1. The summed E-state index contributed by atoms with van der Waals surface area (Å²) in [6.07, 6.45) is 0. The van der Waals surface area contributed by atoms with Gasteiger partial charge in [0.2, 0.25) is 0 Å².